The van der Waals surface area contributed by atoms with Gasteiger partial charge in [0.15, 0.2) is 0 Å². The molecule has 1 aliphatic heterocycles. The van der Waals surface area contributed by atoms with Crippen LogP contribution in [0.3, 0.4) is 0 Å². The van der Waals surface area contributed by atoms with Gasteiger partial charge in [0.25, 0.3) is 0 Å². The largest absolute Gasteiger partial charge is 0.314 e. The van der Waals surface area contributed by atoms with E-state index in [1.807, 2.05) is 12.1 Å². The Morgan fingerprint density at radius 3 is 2.67 bits per heavy atom. The van der Waals surface area contributed by atoms with Gasteiger partial charge in [-0.05, 0) is 36.5 Å². The van der Waals surface area contributed by atoms with Crippen LogP contribution in [0.25, 0.3) is 0 Å². The lowest BCUT2D eigenvalue weighted by molar-refractivity contribution is 0.0860. The molecule has 1 heterocycles. The maximum Gasteiger partial charge on any atom is 0.0595 e. The maximum absolute atomic E-state index is 6.15. The Balaban J connectivity index is 1.69. The van der Waals surface area contributed by atoms with Crippen molar-refractivity contribution >= 4 is 23.2 Å². The van der Waals surface area contributed by atoms with Gasteiger partial charge in [0, 0.05) is 32.2 Å². The molecule has 1 aromatic rings. The van der Waals surface area contributed by atoms with E-state index in [0.717, 1.165) is 32.1 Å². The van der Waals surface area contributed by atoms with Crippen molar-refractivity contribution in [2.24, 2.45) is 5.92 Å². The van der Waals surface area contributed by atoms with Crippen molar-refractivity contribution in [3.8, 4) is 0 Å². The van der Waals surface area contributed by atoms with Crippen LogP contribution < -0.4 is 5.32 Å². The predicted octanol–water partition coefficient (Wildman–Crippen LogP) is 4.35. The highest BCUT2D eigenvalue weighted by Gasteiger charge is 2.30. The molecule has 116 valence electrons. The molecule has 0 spiro atoms. The van der Waals surface area contributed by atoms with Gasteiger partial charge in [-0.25, -0.2) is 0 Å². The first-order chi connectivity index (χ1) is 10.2. The summed E-state index contributed by atoms with van der Waals surface area (Å²) in [6.45, 7) is 4.33. The van der Waals surface area contributed by atoms with Gasteiger partial charge in [0.2, 0.25) is 0 Å². The summed E-state index contributed by atoms with van der Waals surface area (Å²) >= 11 is 12.2. The molecule has 2 fully saturated rings. The first-order valence-electron chi connectivity index (χ1n) is 8.13. The first-order valence-corrected chi connectivity index (χ1v) is 8.88. The highest BCUT2D eigenvalue weighted by Crippen LogP contribution is 2.31. The van der Waals surface area contributed by atoms with Crippen LogP contribution in [0.5, 0.6) is 0 Å². The molecule has 0 amide bonds. The molecule has 21 heavy (non-hydrogen) atoms. The predicted molar refractivity (Wildman–Crippen MR) is 90.1 cm³/mol. The van der Waals surface area contributed by atoms with Gasteiger partial charge in [0.1, 0.15) is 0 Å². The topological polar surface area (TPSA) is 15.3 Å². The summed E-state index contributed by atoms with van der Waals surface area (Å²) < 4.78 is 0. The molecule has 3 rings (SSSR count). The Hall–Kier alpha value is -0.280. The van der Waals surface area contributed by atoms with Crippen LogP contribution in [0.2, 0.25) is 10.0 Å². The second-order valence-electron chi connectivity index (χ2n) is 6.39. The van der Waals surface area contributed by atoms with Crippen LogP contribution >= 0.6 is 23.2 Å². The minimum absolute atomic E-state index is 0.643. The molecule has 1 atom stereocenters. The van der Waals surface area contributed by atoms with Crippen LogP contribution in [-0.2, 0) is 6.54 Å². The standard InChI is InChI=1S/C17H24Cl2N2/c18-15-7-6-13(10-16(15)19)12-21-9-8-20-11-17(21)14-4-2-1-3-5-14/h6-7,10,14,17,20H,1-5,8-9,11-12H2. The van der Waals surface area contributed by atoms with Crippen molar-refractivity contribution in [1.82, 2.24) is 10.2 Å². The van der Waals surface area contributed by atoms with Crippen LogP contribution in [0.4, 0.5) is 0 Å². The zero-order valence-corrected chi connectivity index (χ0v) is 14.0. The van der Waals surface area contributed by atoms with Gasteiger partial charge >= 0.3 is 0 Å². The summed E-state index contributed by atoms with van der Waals surface area (Å²) in [4.78, 5) is 2.64. The van der Waals surface area contributed by atoms with E-state index in [4.69, 9.17) is 23.2 Å². The minimum atomic E-state index is 0.643. The number of nitrogens with zero attached hydrogens (tertiary/aromatic N) is 1. The molecule has 2 aliphatic rings. The molecular weight excluding hydrogens is 303 g/mol. The Bertz CT molecular complexity index is 472. The molecule has 2 nitrogen and oxygen atoms in total. The fourth-order valence-electron chi connectivity index (χ4n) is 3.82. The third-order valence-corrected chi connectivity index (χ3v) is 5.70. The molecule has 1 saturated heterocycles. The zero-order valence-electron chi connectivity index (χ0n) is 12.5. The molecule has 1 aromatic carbocycles. The maximum atomic E-state index is 6.15. The fraction of sp³-hybridized carbons (Fsp3) is 0.647. The smallest absolute Gasteiger partial charge is 0.0595 e. The minimum Gasteiger partial charge on any atom is -0.314 e. The summed E-state index contributed by atoms with van der Waals surface area (Å²) in [5.74, 6) is 0.856. The Kier molecular flexibility index (Phi) is 5.44. The average molecular weight is 327 g/mol. The van der Waals surface area contributed by atoms with E-state index in [-0.39, 0.29) is 0 Å². The number of benzene rings is 1. The second kappa shape index (κ2) is 7.32. The highest BCUT2D eigenvalue weighted by atomic mass is 35.5. The number of hydrogen-bond donors (Lipinski definition) is 1. The Morgan fingerprint density at radius 1 is 1.10 bits per heavy atom. The third-order valence-electron chi connectivity index (χ3n) is 4.96. The SMILES string of the molecule is Clc1ccc(CN2CCNCC2C2CCCCC2)cc1Cl. The molecule has 1 N–H and O–H groups in total. The summed E-state index contributed by atoms with van der Waals surface area (Å²) in [5, 5.41) is 4.89. The van der Waals surface area contributed by atoms with Gasteiger partial charge in [-0.2, -0.15) is 0 Å². The van der Waals surface area contributed by atoms with Crippen molar-refractivity contribution in [2.45, 2.75) is 44.7 Å². The quantitative estimate of drug-likeness (QED) is 0.888. The van der Waals surface area contributed by atoms with E-state index in [0.29, 0.717) is 16.1 Å². The summed E-state index contributed by atoms with van der Waals surface area (Å²) in [6, 6.07) is 6.71. The normalized spacial score (nSPS) is 25.1. The van der Waals surface area contributed by atoms with E-state index >= 15 is 0 Å². The van der Waals surface area contributed by atoms with E-state index in [1.54, 1.807) is 0 Å². The van der Waals surface area contributed by atoms with E-state index in [1.165, 1.54) is 37.7 Å². The number of hydrogen-bond acceptors (Lipinski definition) is 2. The summed E-state index contributed by atoms with van der Waals surface area (Å²) in [5.41, 5.74) is 1.27. The molecule has 0 aromatic heterocycles. The van der Waals surface area contributed by atoms with Crippen molar-refractivity contribution in [2.75, 3.05) is 19.6 Å². The van der Waals surface area contributed by atoms with Gasteiger partial charge in [0.05, 0.1) is 10.0 Å². The van der Waals surface area contributed by atoms with Gasteiger partial charge in [-0.15, -0.1) is 0 Å². The van der Waals surface area contributed by atoms with Crippen molar-refractivity contribution in [3.05, 3.63) is 33.8 Å². The number of nitrogens with one attached hydrogen (secondary N) is 1. The number of piperazine rings is 1. The summed E-state index contributed by atoms with van der Waals surface area (Å²) in [7, 11) is 0. The molecule has 1 saturated carbocycles. The zero-order chi connectivity index (χ0) is 14.7. The van der Waals surface area contributed by atoms with Gasteiger partial charge in [-0.1, -0.05) is 48.5 Å². The second-order valence-corrected chi connectivity index (χ2v) is 7.20. The van der Waals surface area contributed by atoms with E-state index in [2.05, 4.69) is 16.3 Å². The Morgan fingerprint density at radius 2 is 1.90 bits per heavy atom. The Labute approximate surface area is 137 Å². The lowest BCUT2D eigenvalue weighted by Crippen LogP contribution is -2.54. The van der Waals surface area contributed by atoms with Crippen LogP contribution in [0.15, 0.2) is 18.2 Å². The molecule has 4 heteroatoms. The molecule has 0 radical (unpaired) electrons. The van der Waals surface area contributed by atoms with Crippen molar-refractivity contribution in [1.29, 1.82) is 0 Å². The van der Waals surface area contributed by atoms with Gasteiger partial charge in [-0.3, -0.25) is 4.90 Å². The monoisotopic (exact) mass is 326 g/mol. The van der Waals surface area contributed by atoms with Crippen LogP contribution in [0.1, 0.15) is 37.7 Å². The number of halogens is 2. The van der Waals surface area contributed by atoms with Gasteiger partial charge < -0.3 is 5.32 Å². The fourth-order valence-corrected chi connectivity index (χ4v) is 4.14. The van der Waals surface area contributed by atoms with E-state index in [9.17, 15) is 0 Å². The molecule has 1 unspecified atom stereocenters. The first kappa shape index (κ1) is 15.6. The highest BCUT2D eigenvalue weighted by molar-refractivity contribution is 6.42. The van der Waals surface area contributed by atoms with Crippen molar-refractivity contribution in [3.63, 3.8) is 0 Å². The third kappa shape index (κ3) is 3.92. The average Bonchev–Trinajstić information content (AvgIpc) is 2.52. The molecular formula is C17H24Cl2N2. The van der Waals surface area contributed by atoms with Crippen molar-refractivity contribution < 1.29 is 0 Å². The summed E-state index contributed by atoms with van der Waals surface area (Å²) in [6.07, 6.45) is 7.02. The molecule has 1 aliphatic carbocycles. The number of rotatable bonds is 3. The van der Waals surface area contributed by atoms with E-state index < -0.39 is 0 Å². The lowest BCUT2D eigenvalue weighted by atomic mass is 9.82. The van der Waals surface area contributed by atoms with Crippen LogP contribution in [0, 0.1) is 5.92 Å². The molecule has 0 bridgehead atoms. The van der Waals surface area contributed by atoms with Crippen LogP contribution in [-0.4, -0.2) is 30.6 Å². The lowest BCUT2D eigenvalue weighted by Gasteiger charge is -2.42.